The maximum Gasteiger partial charge on any atom is 0.231 e. The Morgan fingerprint density at radius 3 is 2.41 bits per heavy atom. The number of hydrogen-bond acceptors (Lipinski definition) is 6. The van der Waals surface area contributed by atoms with Crippen molar-refractivity contribution >= 4 is 28.9 Å². The minimum Gasteiger partial charge on any atom is -0.378 e. The topological polar surface area (TPSA) is 79.4 Å². The van der Waals surface area contributed by atoms with E-state index in [9.17, 15) is 4.79 Å². The number of ether oxygens (including phenoxy) is 1. The smallest absolute Gasteiger partial charge is 0.231 e. The summed E-state index contributed by atoms with van der Waals surface area (Å²) in [6, 6.07) is 19.5. The van der Waals surface area contributed by atoms with Gasteiger partial charge >= 0.3 is 0 Å². The van der Waals surface area contributed by atoms with E-state index in [1.165, 1.54) is 0 Å². The summed E-state index contributed by atoms with van der Waals surface area (Å²) in [5.41, 5.74) is 2.69. The zero-order chi connectivity index (χ0) is 22.3. The lowest BCUT2D eigenvalue weighted by molar-refractivity contribution is -0.117. The predicted molar refractivity (Wildman–Crippen MR) is 128 cm³/mol. The third-order valence-corrected chi connectivity index (χ3v) is 5.51. The summed E-state index contributed by atoms with van der Waals surface area (Å²) < 4.78 is 5.43. The summed E-state index contributed by atoms with van der Waals surface area (Å²) in [4.78, 5) is 24.1. The molecule has 166 valence electrons. The molecule has 1 unspecified atom stereocenters. The lowest BCUT2D eigenvalue weighted by Gasteiger charge is -2.28. The van der Waals surface area contributed by atoms with Crippen molar-refractivity contribution in [1.29, 1.82) is 0 Å². The Bertz CT molecular complexity index is 1030. The first kappa shape index (κ1) is 21.8. The fourth-order valence-electron chi connectivity index (χ4n) is 3.84. The lowest BCUT2D eigenvalue weighted by atomic mass is 9.95. The number of anilines is 4. The van der Waals surface area contributed by atoms with Gasteiger partial charge in [0.15, 0.2) is 0 Å². The van der Waals surface area contributed by atoms with Gasteiger partial charge in [-0.15, -0.1) is 0 Å². The van der Waals surface area contributed by atoms with Crippen LogP contribution in [0.4, 0.5) is 23.0 Å². The molecule has 1 saturated heterocycles. The molecule has 2 N–H and O–H groups in total. The van der Waals surface area contributed by atoms with E-state index in [0.717, 1.165) is 48.1 Å². The zero-order valence-electron chi connectivity index (χ0n) is 18.5. The number of aromatic nitrogens is 2. The third kappa shape index (κ3) is 5.42. The van der Waals surface area contributed by atoms with Gasteiger partial charge in [0.05, 0.1) is 19.1 Å². The third-order valence-electron chi connectivity index (χ3n) is 5.51. The highest BCUT2D eigenvalue weighted by Crippen LogP contribution is 2.24. The van der Waals surface area contributed by atoms with Crippen molar-refractivity contribution in [3.63, 3.8) is 0 Å². The van der Waals surface area contributed by atoms with Crippen molar-refractivity contribution in [2.45, 2.75) is 26.2 Å². The Morgan fingerprint density at radius 1 is 1.03 bits per heavy atom. The molecule has 32 heavy (non-hydrogen) atoms. The summed E-state index contributed by atoms with van der Waals surface area (Å²) in [6.07, 6.45) is 0.744. The van der Waals surface area contributed by atoms with Gasteiger partial charge in [0, 0.05) is 30.5 Å². The van der Waals surface area contributed by atoms with Crippen molar-refractivity contribution in [3.8, 4) is 0 Å². The largest absolute Gasteiger partial charge is 0.378 e. The minimum atomic E-state index is -0.170. The van der Waals surface area contributed by atoms with E-state index in [0.29, 0.717) is 19.0 Å². The highest BCUT2D eigenvalue weighted by molar-refractivity contribution is 5.96. The Kier molecular flexibility index (Phi) is 6.97. The van der Waals surface area contributed by atoms with Gasteiger partial charge in [-0.25, -0.2) is 9.97 Å². The summed E-state index contributed by atoms with van der Waals surface area (Å²) in [5, 5.41) is 6.38. The van der Waals surface area contributed by atoms with Gasteiger partial charge in [0.2, 0.25) is 5.91 Å². The van der Waals surface area contributed by atoms with Gasteiger partial charge in [-0.3, -0.25) is 4.79 Å². The van der Waals surface area contributed by atoms with Crippen LogP contribution in [0.1, 0.15) is 30.7 Å². The molecule has 2 heterocycles. The predicted octanol–water partition coefficient (Wildman–Crippen LogP) is 4.50. The Labute approximate surface area is 188 Å². The number of nitrogens with zero attached hydrogens (tertiary/aromatic N) is 3. The fraction of sp³-hybridized carbons (Fsp3) is 0.320. The molecule has 1 amide bonds. The maximum atomic E-state index is 12.8. The number of benzene rings is 2. The number of aryl methyl sites for hydroxylation is 1. The molecule has 2 aromatic carbocycles. The second-order valence-corrected chi connectivity index (χ2v) is 7.82. The van der Waals surface area contributed by atoms with Gasteiger partial charge in [-0.2, -0.15) is 0 Å². The van der Waals surface area contributed by atoms with Crippen LogP contribution in [0.3, 0.4) is 0 Å². The SMILES string of the molecule is CCC(C(=O)Nc1ccc(Nc2cc(N3CCOCC3)nc(C)n2)cc1)c1ccccc1. The van der Waals surface area contributed by atoms with E-state index in [2.05, 4.69) is 25.5 Å². The van der Waals surface area contributed by atoms with Crippen LogP contribution >= 0.6 is 0 Å². The molecular formula is C25H29N5O2. The standard InChI is InChI=1S/C25H29N5O2/c1-3-22(19-7-5-4-6-8-19)25(31)29-21-11-9-20(10-12-21)28-23-17-24(27-18(2)26-23)30-13-15-32-16-14-30/h4-12,17,22H,3,13-16H2,1-2H3,(H,29,31)(H,26,27,28). The van der Waals surface area contributed by atoms with E-state index in [4.69, 9.17) is 4.74 Å². The number of carbonyl (C=O) groups is 1. The van der Waals surface area contributed by atoms with Crippen LogP contribution in [0, 0.1) is 6.92 Å². The first-order valence-electron chi connectivity index (χ1n) is 11.0. The minimum absolute atomic E-state index is 0.000914. The normalized spacial score (nSPS) is 14.6. The van der Waals surface area contributed by atoms with Crippen LogP contribution < -0.4 is 15.5 Å². The lowest BCUT2D eigenvalue weighted by Crippen LogP contribution is -2.36. The van der Waals surface area contributed by atoms with Crippen molar-refractivity contribution in [2.24, 2.45) is 0 Å². The molecule has 7 nitrogen and oxygen atoms in total. The molecule has 3 aromatic rings. The molecule has 0 saturated carbocycles. The Morgan fingerprint density at radius 2 is 1.72 bits per heavy atom. The molecule has 0 spiro atoms. The number of morpholine rings is 1. The summed E-state index contributed by atoms with van der Waals surface area (Å²) in [6.45, 7) is 6.99. The van der Waals surface area contributed by atoms with Gasteiger partial charge in [-0.05, 0) is 43.2 Å². The van der Waals surface area contributed by atoms with Gasteiger partial charge in [-0.1, -0.05) is 37.3 Å². The molecule has 1 aliphatic rings. The molecule has 1 atom stereocenters. The summed E-state index contributed by atoms with van der Waals surface area (Å²) in [7, 11) is 0. The summed E-state index contributed by atoms with van der Waals surface area (Å²) in [5.74, 6) is 2.19. The van der Waals surface area contributed by atoms with E-state index in [-0.39, 0.29) is 11.8 Å². The van der Waals surface area contributed by atoms with Crippen molar-refractivity contribution in [3.05, 3.63) is 72.1 Å². The van der Waals surface area contributed by atoms with Crippen molar-refractivity contribution < 1.29 is 9.53 Å². The van der Waals surface area contributed by atoms with Crippen molar-refractivity contribution in [2.75, 3.05) is 41.8 Å². The van der Waals surface area contributed by atoms with Crippen LogP contribution in [0.2, 0.25) is 0 Å². The molecular weight excluding hydrogens is 402 g/mol. The maximum absolute atomic E-state index is 12.8. The number of nitrogens with one attached hydrogen (secondary N) is 2. The summed E-state index contributed by atoms with van der Waals surface area (Å²) >= 11 is 0. The quantitative estimate of drug-likeness (QED) is 0.574. The van der Waals surface area contributed by atoms with Crippen LogP contribution in [0.5, 0.6) is 0 Å². The highest BCUT2D eigenvalue weighted by Gasteiger charge is 2.18. The first-order chi connectivity index (χ1) is 15.6. The van der Waals surface area contributed by atoms with Crippen molar-refractivity contribution in [1.82, 2.24) is 9.97 Å². The monoisotopic (exact) mass is 431 g/mol. The van der Waals surface area contributed by atoms with Gasteiger partial charge < -0.3 is 20.3 Å². The number of hydrogen-bond donors (Lipinski definition) is 2. The average molecular weight is 432 g/mol. The number of amides is 1. The highest BCUT2D eigenvalue weighted by atomic mass is 16.5. The Hall–Kier alpha value is -3.45. The zero-order valence-corrected chi connectivity index (χ0v) is 18.5. The Balaban J connectivity index is 1.42. The molecule has 7 heteroatoms. The van der Waals surface area contributed by atoms with Crippen LogP contribution in [0.25, 0.3) is 0 Å². The molecule has 1 fully saturated rings. The second kappa shape index (κ2) is 10.2. The molecule has 0 radical (unpaired) electrons. The number of carbonyl (C=O) groups excluding carboxylic acids is 1. The van der Waals surface area contributed by atoms with E-state index >= 15 is 0 Å². The van der Waals surface area contributed by atoms with Crippen LogP contribution in [-0.2, 0) is 9.53 Å². The van der Waals surface area contributed by atoms with E-state index in [1.807, 2.05) is 74.5 Å². The van der Waals surface area contributed by atoms with Gasteiger partial charge in [0.1, 0.15) is 17.5 Å². The second-order valence-electron chi connectivity index (χ2n) is 7.82. The molecule has 1 aliphatic heterocycles. The molecule has 0 bridgehead atoms. The van der Waals surface area contributed by atoms with E-state index in [1.54, 1.807) is 0 Å². The van der Waals surface area contributed by atoms with E-state index < -0.39 is 0 Å². The van der Waals surface area contributed by atoms with Crippen LogP contribution in [-0.4, -0.2) is 42.2 Å². The van der Waals surface area contributed by atoms with Crippen LogP contribution in [0.15, 0.2) is 60.7 Å². The molecule has 0 aliphatic carbocycles. The fourth-order valence-corrected chi connectivity index (χ4v) is 3.84. The van der Waals surface area contributed by atoms with Gasteiger partial charge in [0.25, 0.3) is 0 Å². The average Bonchev–Trinajstić information content (AvgIpc) is 2.82. The number of rotatable bonds is 7. The molecule has 4 rings (SSSR count). The molecule has 1 aromatic heterocycles. The first-order valence-corrected chi connectivity index (χ1v) is 11.0.